The topological polar surface area (TPSA) is 70.7 Å². The average molecular weight is 374 g/mol. The maximum atomic E-state index is 12.8. The first-order chi connectivity index (χ1) is 12.0. The third-order valence-corrected chi connectivity index (χ3v) is 8.34. The van der Waals surface area contributed by atoms with E-state index in [1.165, 1.54) is 32.1 Å². The molecule has 2 heterocycles. The van der Waals surface area contributed by atoms with Crippen LogP contribution in [0.5, 0.6) is 0 Å². The van der Waals surface area contributed by atoms with E-state index in [1.54, 1.807) is 11.4 Å². The van der Waals surface area contributed by atoms with Crippen LogP contribution in [-0.2, 0) is 14.9 Å². The molecule has 0 aromatic heterocycles. The number of ether oxygens (including phenoxy) is 1. The third-order valence-electron chi connectivity index (χ3n) is 6.78. The minimum absolute atomic E-state index is 0.0759. The number of rotatable bonds is 6. The molecule has 1 saturated carbocycles. The molecule has 0 aromatic carbocycles. The standard InChI is InChI=1S/C18H35N3O3S/c1-24-16-18(7-11-19-12-8-18)15-20-25(22,23)21-13-9-17(10-14-21)5-3-2-4-6-17/h19-20H,2-16H2,1H3. The minimum atomic E-state index is -3.39. The molecule has 25 heavy (non-hydrogen) atoms. The highest BCUT2D eigenvalue weighted by Gasteiger charge is 2.40. The molecule has 0 radical (unpaired) electrons. The Morgan fingerprint density at radius 1 is 1.00 bits per heavy atom. The van der Waals surface area contributed by atoms with E-state index in [9.17, 15) is 8.42 Å². The second-order valence-corrected chi connectivity index (χ2v) is 10.2. The van der Waals surface area contributed by atoms with Gasteiger partial charge in [-0.1, -0.05) is 19.3 Å². The van der Waals surface area contributed by atoms with Gasteiger partial charge in [-0.25, -0.2) is 4.72 Å². The smallest absolute Gasteiger partial charge is 0.279 e. The lowest BCUT2D eigenvalue weighted by Crippen LogP contribution is -2.52. The van der Waals surface area contributed by atoms with Gasteiger partial charge in [-0.15, -0.1) is 0 Å². The van der Waals surface area contributed by atoms with Crippen LogP contribution < -0.4 is 10.0 Å². The zero-order chi connectivity index (χ0) is 17.8. The van der Waals surface area contributed by atoms with Crippen LogP contribution in [0.4, 0.5) is 0 Å². The molecule has 7 heteroatoms. The Morgan fingerprint density at radius 2 is 1.64 bits per heavy atom. The first-order valence-corrected chi connectivity index (χ1v) is 11.4. The van der Waals surface area contributed by atoms with E-state index in [-0.39, 0.29) is 5.41 Å². The van der Waals surface area contributed by atoms with Gasteiger partial charge in [0.15, 0.2) is 0 Å². The van der Waals surface area contributed by atoms with Gasteiger partial charge in [0.1, 0.15) is 0 Å². The fourth-order valence-corrected chi connectivity index (χ4v) is 6.31. The molecule has 3 aliphatic rings. The number of piperidine rings is 2. The van der Waals surface area contributed by atoms with Crippen LogP contribution in [0.1, 0.15) is 57.8 Å². The molecule has 0 atom stereocenters. The molecule has 0 amide bonds. The molecular formula is C18H35N3O3S. The first-order valence-electron chi connectivity index (χ1n) is 9.94. The summed E-state index contributed by atoms with van der Waals surface area (Å²) in [4.78, 5) is 0. The summed E-state index contributed by atoms with van der Waals surface area (Å²) >= 11 is 0. The van der Waals surface area contributed by atoms with Crippen molar-refractivity contribution in [3.63, 3.8) is 0 Å². The number of nitrogens with zero attached hydrogens (tertiary/aromatic N) is 1. The Kier molecular flexibility index (Phi) is 6.42. The van der Waals surface area contributed by atoms with Crippen molar-refractivity contribution in [2.24, 2.45) is 10.8 Å². The van der Waals surface area contributed by atoms with Gasteiger partial charge >= 0.3 is 0 Å². The molecule has 0 unspecified atom stereocenters. The molecule has 0 bridgehead atoms. The lowest BCUT2D eigenvalue weighted by molar-refractivity contribution is 0.0569. The monoisotopic (exact) mass is 373 g/mol. The maximum absolute atomic E-state index is 12.8. The quantitative estimate of drug-likeness (QED) is 0.746. The highest BCUT2D eigenvalue weighted by Crippen LogP contribution is 2.44. The summed E-state index contributed by atoms with van der Waals surface area (Å²) in [6.07, 6.45) is 10.5. The van der Waals surface area contributed by atoms with E-state index in [0.29, 0.717) is 31.7 Å². The van der Waals surface area contributed by atoms with Crippen molar-refractivity contribution >= 4 is 10.2 Å². The molecule has 2 saturated heterocycles. The predicted octanol–water partition coefficient (Wildman–Crippen LogP) is 1.88. The predicted molar refractivity (Wildman–Crippen MR) is 99.7 cm³/mol. The van der Waals surface area contributed by atoms with Crippen LogP contribution in [0.25, 0.3) is 0 Å². The van der Waals surface area contributed by atoms with Gasteiger partial charge in [0.25, 0.3) is 10.2 Å². The van der Waals surface area contributed by atoms with Gasteiger partial charge in [-0.2, -0.15) is 12.7 Å². The van der Waals surface area contributed by atoms with Crippen molar-refractivity contribution in [3.8, 4) is 0 Å². The molecule has 146 valence electrons. The average Bonchev–Trinajstić information content (AvgIpc) is 2.62. The zero-order valence-electron chi connectivity index (χ0n) is 15.7. The lowest BCUT2D eigenvalue weighted by atomic mass is 9.68. The SMILES string of the molecule is COCC1(CNS(=O)(=O)N2CCC3(CCCCC3)CC2)CCNCC1. The molecule has 3 fully saturated rings. The highest BCUT2D eigenvalue weighted by atomic mass is 32.2. The van der Waals surface area contributed by atoms with Crippen molar-refractivity contribution < 1.29 is 13.2 Å². The number of hydrogen-bond acceptors (Lipinski definition) is 4. The molecule has 0 aromatic rings. The summed E-state index contributed by atoms with van der Waals surface area (Å²) in [5, 5.41) is 3.35. The van der Waals surface area contributed by atoms with E-state index < -0.39 is 10.2 Å². The fourth-order valence-electron chi connectivity index (χ4n) is 4.97. The Balaban J connectivity index is 1.55. The van der Waals surface area contributed by atoms with Gasteiger partial charge in [-0.05, 0) is 57.0 Å². The molecule has 1 spiro atoms. The van der Waals surface area contributed by atoms with Crippen molar-refractivity contribution in [2.45, 2.75) is 57.8 Å². The molecule has 1 aliphatic carbocycles. The van der Waals surface area contributed by atoms with Crippen molar-refractivity contribution in [1.29, 1.82) is 0 Å². The molecule has 3 rings (SSSR count). The third kappa shape index (κ3) is 4.75. The first kappa shape index (κ1) is 19.5. The normalized spacial score (nSPS) is 27.4. The fraction of sp³-hybridized carbons (Fsp3) is 1.00. The number of nitrogens with one attached hydrogen (secondary N) is 2. The van der Waals surface area contributed by atoms with Crippen LogP contribution in [0.15, 0.2) is 0 Å². The van der Waals surface area contributed by atoms with Gasteiger partial charge in [0.05, 0.1) is 6.61 Å². The van der Waals surface area contributed by atoms with E-state index >= 15 is 0 Å². The van der Waals surface area contributed by atoms with Gasteiger partial charge in [0, 0.05) is 32.2 Å². The summed E-state index contributed by atoms with van der Waals surface area (Å²) in [6.45, 7) is 4.30. The largest absolute Gasteiger partial charge is 0.384 e. The molecule has 2 aliphatic heterocycles. The molecule has 6 nitrogen and oxygen atoms in total. The van der Waals surface area contributed by atoms with E-state index in [4.69, 9.17) is 4.74 Å². The highest BCUT2D eigenvalue weighted by molar-refractivity contribution is 7.87. The van der Waals surface area contributed by atoms with Crippen LogP contribution in [0.3, 0.4) is 0 Å². The number of methoxy groups -OCH3 is 1. The summed E-state index contributed by atoms with van der Waals surface area (Å²) in [7, 11) is -1.69. The Hall–Kier alpha value is -0.210. The zero-order valence-corrected chi connectivity index (χ0v) is 16.5. The van der Waals surface area contributed by atoms with Crippen LogP contribution in [0, 0.1) is 10.8 Å². The summed E-state index contributed by atoms with van der Waals surface area (Å²) in [5.41, 5.74) is 0.351. The van der Waals surface area contributed by atoms with Crippen molar-refractivity contribution in [3.05, 3.63) is 0 Å². The van der Waals surface area contributed by atoms with Gasteiger partial charge in [-0.3, -0.25) is 0 Å². The van der Waals surface area contributed by atoms with Crippen LogP contribution >= 0.6 is 0 Å². The Bertz CT molecular complexity index is 510. The Labute approximate surface area is 153 Å². The molecular weight excluding hydrogens is 338 g/mol. The van der Waals surface area contributed by atoms with E-state index in [1.807, 2.05) is 0 Å². The number of hydrogen-bond donors (Lipinski definition) is 2. The second-order valence-electron chi connectivity index (χ2n) is 8.47. The van der Waals surface area contributed by atoms with Crippen LogP contribution in [0.2, 0.25) is 0 Å². The molecule has 2 N–H and O–H groups in total. The minimum Gasteiger partial charge on any atom is -0.384 e. The maximum Gasteiger partial charge on any atom is 0.279 e. The Morgan fingerprint density at radius 3 is 2.24 bits per heavy atom. The van der Waals surface area contributed by atoms with Crippen LogP contribution in [-0.4, -0.2) is 59.2 Å². The lowest BCUT2D eigenvalue weighted by Gasteiger charge is -2.44. The van der Waals surface area contributed by atoms with Gasteiger partial charge in [0.2, 0.25) is 0 Å². The second kappa shape index (κ2) is 8.21. The summed E-state index contributed by atoms with van der Waals surface area (Å²) in [5.74, 6) is 0. The van der Waals surface area contributed by atoms with E-state index in [0.717, 1.165) is 38.8 Å². The van der Waals surface area contributed by atoms with E-state index in [2.05, 4.69) is 10.0 Å². The van der Waals surface area contributed by atoms with Crippen molar-refractivity contribution in [2.75, 3.05) is 46.4 Å². The summed E-state index contributed by atoms with van der Waals surface area (Å²) in [6, 6.07) is 0. The van der Waals surface area contributed by atoms with Gasteiger partial charge < -0.3 is 10.1 Å². The summed E-state index contributed by atoms with van der Waals surface area (Å²) < 4.78 is 35.6. The van der Waals surface area contributed by atoms with Crippen molar-refractivity contribution in [1.82, 2.24) is 14.3 Å².